The number of allylic oxidation sites excluding steroid dienone is 3. The molecule has 54 heavy (non-hydrogen) atoms. The van der Waals surface area contributed by atoms with Crippen LogP contribution in [-0.2, 0) is 5.41 Å². The number of anilines is 5. The van der Waals surface area contributed by atoms with Crippen molar-refractivity contribution in [3.63, 3.8) is 0 Å². The topological polar surface area (TPSA) is 6.48 Å². The lowest BCUT2D eigenvalue weighted by Gasteiger charge is -2.58. The maximum atomic E-state index is 2.78. The average molecular weight is 697 g/mol. The van der Waals surface area contributed by atoms with Gasteiger partial charge in [-0.15, -0.1) is 0 Å². The molecule has 2 nitrogen and oxygen atoms in total. The van der Waals surface area contributed by atoms with E-state index in [2.05, 4.69) is 190 Å². The Hall–Kier alpha value is -5.54. The molecule has 0 amide bonds. The SMILES string of the molecule is Cc1cc2c3c(c1)N(C1(C)C=C4CC5=CC(C1)C54)c1cccc(-c4ccccc4)c1B3c1c(-c3ccccc3)cccc1N2c1ccc(C(C)(C)C)cc1. The van der Waals surface area contributed by atoms with E-state index in [1.807, 2.05) is 0 Å². The maximum Gasteiger partial charge on any atom is 0.253 e. The van der Waals surface area contributed by atoms with Crippen molar-refractivity contribution < 1.29 is 0 Å². The van der Waals surface area contributed by atoms with Crippen molar-refractivity contribution in [1.29, 1.82) is 0 Å². The van der Waals surface area contributed by atoms with Gasteiger partial charge in [-0.25, -0.2) is 0 Å². The number of nitrogens with zero attached hydrogens (tertiary/aromatic N) is 2. The minimum absolute atomic E-state index is 0.0289. The van der Waals surface area contributed by atoms with E-state index in [1.54, 1.807) is 11.1 Å². The molecule has 2 heterocycles. The van der Waals surface area contributed by atoms with Crippen LogP contribution in [0.2, 0.25) is 0 Å². The summed E-state index contributed by atoms with van der Waals surface area (Å²) in [4.78, 5) is 5.36. The third-order valence-corrected chi connectivity index (χ3v) is 13.2. The molecule has 3 aliphatic carbocycles. The largest absolute Gasteiger partial charge is 0.333 e. The summed E-state index contributed by atoms with van der Waals surface area (Å²) in [5.74, 6) is 1.32. The van der Waals surface area contributed by atoms with Gasteiger partial charge in [-0.05, 0) is 124 Å². The summed E-state index contributed by atoms with van der Waals surface area (Å²) in [6, 6.07) is 50.6. The van der Waals surface area contributed by atoms with Crippen molar-refractivity contribution in [3.05, 3.63) is 168 Å². The third-order valence-electron chi connectivity index (χ3n) is 13.2. The van der Waals surface area contributed by atoms with E-state index in [9.17, 15) is 0 Å². The standard InChI is InChI=1S/C51H45BN2/c1-32-26-44-49-45(27-32)54(51(5)30-36-28-35-29-37(31-51)46(35)36)43-21-13-19-41(34-16-10-7-11-17-34)48(43)52(49)47-40(33-14-8-6-9-15-33)18-12-20-42(47)53(44)39-24-22-38(23-25-39)50(2,3)4/h6-28,31,36,46H,29-30H2,1-5H3. The first-order valence-corrected chi connectivity index (χ1v) is 19.8. The Balaban J connectivity index is 1.25. The summed E-state index contributed by atoms with van der Waals surface area (Å²) < 4.78 is 0. The van der Waals surface area contributed by atoms with Crippen molar-refractivity contribution in [2.24, 2.45) is 11.8 Å². The van der Waals surface area contributed by atoms with Crippen LogP contribution in [0.5, 0.6) is 0 Å². The fourth-order valence-corrected chi connectivity index (χ4v) is 10.8. The Kier molecular flexibility index (Phi) is 6.65. The zero-order chi connectivity index (χ0) is 36.5. The molecule has 6 aromatic rings. The highest BCUT2D eigenvalue weighted by Crippen LogP contribution is 2.60. The highest BCUT2D eigenvalue weighted by Gasteiger charge is 2.54. The quantitative estimate of drug-likeness (QED) is 0.134. The summed E-state index contributed by atoms with van der Waals surface area (Å²) >= 11 is 0. The summed E-state index contributed by atoms with van der Waals surface area (Å²) in [7, 11) is 0. The van der Waals surface area contributed by atoms with Gasteiger partial charge in [0.25, 0.3) is 6.71 Å². The predicted octanol–water partition coefficient (Wildman–Crippen LogP) is 11.0. The van der Waals surface area contributed by atoms with Crippen LogP contribution in [0.1, 0.15) is 51.7 Å². The van der Waals surface area contributed by atoms with Crippen LogP contribution < -0.4 is 26.2 Å². The lowest BCUT2D eigenvalue weighted by Crippen LogP contribution is -2.65. The molecular formula is C51H45BN2. The van der Waals surface area contributed by atoms with Crippen LogP contribution in [-0.4, -0.2) is 12.3 Å². The van der Waals surface area contributed by atoms with E-state index < -0.39 is 0 Å². The Morgan fingerprint density at radius 3 is 1.85 bits per heavy atom. The van der Waals surface area contributed by atoms with E-state index in [1.165, 1.54) is 78.2 Å². The molecule has 3 atom stereocenters. The van der Waals surface area contributed by atoms with Crippen LogP contribution in [0, 0.1) is 18.8 Å². The highest BCUT2D eigenvalue weighted by atomic mass is 15.2. The molecule has 262 valence electrons. The molecule has 0 spiro atoms. The molecule has 1 saturated carbocycles. The van der Waals surface area contributed by atoms with E-state index in [0.29, 0.717) is 11.8 Å². The Morgan fingerprint density at radius 2 is 1.24 bits per heavy atom. The molecule has 6 aromatic carbocycles. The van der Waals surface area contributed by atoms with Gasteiger partial charge in [0.15, 0.2) is 0 Å². The van der Waals surface area contributed by atoms with E-state index >= 15 is 0 Å². The molecule has 3 unspecified atom stereocenters. The molecule has 3 heteroatoms. The van der Waals surface area contributed by atoms with Gasteiger partial charge >= 0.3 is 0 Å². The Labute approximate surface area is 320 Å². The Morgan fingerprint density at radius 1 is 0.630 bits per heavy atom. The fourth-order valence-electron chi connectivity index (χ4n) is 10.8. The minimum atomic E-state index is -0.173. The van der Waals surface area contributed by atoms with Gasteiger partial charge in [0.2, 0.25) is 0 Å². The van der Waals surface area contributed by atoms with Crippen molar-refractivity contribution in [2.75, 3.05) is 9.80 Å². The van der Waals surface area contributed by atoms with Crippen molar-refractivity contribution >= 4 is 51.5 Å². The summed E-state index contributed by atoms with van der Waals surface area (Å²) in [6.07, 6.45) is 7.54. The molecule has 1 fully saturated rings. The number of benzene rings is 6. The molecular weight excluding hydrogens is 651 g/mol. The fraction of sp³-hybridized carbons (Fsp3) is 0.216. The first-order valence-electron chi connectivity index (χ1n) is 19.8. The molecule has 0 bridgehead atoms. The number of rotatable bonds is 4. The van der Waals surface area contributed by atoms with Gasteiger partial charge in [0, 0.05) is 34.4 Å². The second-order valence-corrected chi connectivity index (χ2v) is 17.7. The van der Waals surface area contributed by atoms with Crippen molar-refractivity contribution in [1.82, 2.24) is 0 Å². The number of hydrogen-bond acceptors (Lipinski definition) is 2. The summed E-state index contributed by atoms with van der Waals surface area (Å²) in [5.41, 5.74) is 21.6. The van der Waals surface area contributed by atoms with E-state index in [-0.39, 0.29) is 17.7 Å². The normalized spacial score (nSPS) is 21.5. The van der Waals surface area contributed by atoms with Gasteiger partial charge < -0.3 is 9.80 Å². The molecule has 0 N–H and O–H groups in total. The minimum Gasteiger partial charge on any atom is -0.333 e. The average Bonchev–Trinajstić information content (AvgIpc) is 3.15. The van der Waals surface area contributed by atoms with Crippen LogP contribution >= 0.6 is 0 Å². The van der Waals surface area contributed by atoms with Gasteiger partial charge in [0.1, 0.15) is 0 Å². The smallest absolute Gasteiger partial charge is 0.253 e. The molecule has 0 aromatic heterocycles. The summed E-state index contributed by atoms with van der Waals surface area (Å²) in [6.45, 7) is 11.7. The number of aryl methyl sites for hydroxylation is 1. The van der Waals surface area contributed by atoms with Crippen molar-refractivity contribution in [2.45, 2.75) is 58.4 Å². The van der Waals surface area contributed by atoms with Crippen LogP contribution in [0.15, 0.2) is 157 Å². The monoisotopic (exact) mass is 696 g/mol. The second-order valence-electron chi connectivity index (χ2n) is 17.7. The van der Waals surface area contributed by atoms with E-state index in [4.69, 9.17) is 0 Å². The van der Waals surface area contributed by atoms with Gasteiger partial charge in [-0.1, -0.05) is 141 Å². The predicted molar refractivity (Wildman–Crippen MR) is 229 cm³/mol. The second kappa shape index (κ2) is 11.2. The number of fused-ring (bicyclic) bond motifs is 4. The van der Waals surface area contributed by atoms with E-state index in [0.717, 1.165) is 12.8 Å². The van der Waals surface area contributed by atoms with Crippen LogP contribution in [0.25, 0.3) is 22.3 Å². The zero-order valence-corrected chi connectivity index (χ0v) is 31.9. The number of hydrogen-bond donors (Lipinski definition) is 0. The first-order chi connectivity index (χ1) is 26.2. The van der Waals surface area contributed by atoms with Gasteiger partial charge in [-0.2, -0.15) is 0 Å². The molecule has 11 rings (SSSR count). The highest BCUT2D eigenvalue weighted by molar-refractivity contribution is 7.01. The molecule has 0 saturated heterocycles. The lowest BCUT2D eigenvalue weighted by atomic mass is 9.31. The van der Waals surface area contributed by atoms with Gasteiger partial charge in [-0.3, -0.25) is 0 Å². The summed E-state index contributed by atoms with van der Waals surface area (Å²) in [5, 5.41) is 0. The lowest BCUT2D eigenvalue weighted by molar-refractivity contribution is 0.276. The van der Waals surface area contributed by atoms with Gasteiger partial charge in [0.05, 0.1) is 5.54 Å². The maximum absolute atomic E-state index is 2.78. The third kappa shape index (κ3) is 4.48. The van der Waals surface area contributed by atoms with Crippen molar-refractivity contribution in [3.8, 4) is 22.3 Å². The molecule has 2 aliphatic heterocycles. The first kappa shape index (κ1) is 31.9. The van der Waals surface area contributed by atoms with Crippen LogP contribution in [0.3, 0.4) is 0 Å². The molecule has 0 radical (unpaired) electrons. The van der Waals surface area contributed by atoms with Crippen LogP contribution in [0.4, 0.5) is 28.4 Å². The zero-order valence-electron chi connectivity index (χ0n) is 31.9. The molecule has 5 aliphatic rings. The Bertz CT molecular complexity index is 2580.